The molecular formula is C24H28FN3O2. The van der Waals surface area contributed by atoms with Gasteiger partial charge in [-0.1, -0.05) is 48.5 Å². The molecule has 1 N–H and O–H groups in total. The number of hydrogen-bond acceptors (Lipinski definition) is 4. The van der Waals surface area contributed by atoms with E-state index in [2.05, 4.69) is 9.80 Å². The Kier molecular flexibility index (Phi) is 5.09. The second-order valence-electron chi connectivity index (χ2n) is 9.09. The predicted molar refractivity (Wildman–Crippen MR) is 112 cm³/mol. The van der Waals surface area contributed by atoms with Crippen LogP contribution in [-0.4, -0.2) is 76.1 Å². The van der Waals surface area contributed by atoms with Crippen molar-refractivity contribution in [2.24, 2.45) is 0 Å². The van der Waals surface area contributed by atoms with Gasteiger partial charge in [0, 0.05) is 50.9 Å². The smallest absolute Gasteiger partial charge is 0.227 e. The maximum Gasteiger partial charge on any atom is 0.227 e. The van der Waals surface area contributed by atoms with E-state index in [1.54, 1.807) is 6.07 Å². The van der Waals surface area contributed by atoms with Crippen LogP contribution in [0.25, 0.3) is 0 Å². The van der Waals surface area contributed by atoms with Gasteiger partial charge in [0.15, 0.2) is 0 Å². The molecule has 1 amide bonds. The van der Waals surface area contributed by atoms with Gasteiger partial charge < -0.3 is 10.0 Å². The van der Waals surface area contributed by atoms with Gasteiger partial charge in [0.05, 0.1) is 18.1 Å². The number of aliphatic hydroxyl groups is 1. The zero-order chi connectivity index (χ0) is 20.7. The highest BCUT2D eigenvalue weighted by atomic mass is 19.1. The standard InChI is InChI=1S/C24H28FN3O2/c25-22-9-5-4-8-19(22)12-26-15-24(16-26)17-27(13-20-11-21(29)14-28(20)24)23(30)10-18-6-2-1-3-7-18/h1-9,20-21,29H,10-17H2/t20-,21+/m0/s1. The molecule has 0 radical (unpaired) electrons. The Hall–Kier alpha value is -2.28. The van der Waals surface area contributed by atoms with Gasteiger partial charge in [0.2, 0.25) is 5.91 Å². The second-order valence-corrected chi connectivity index (χ2v) is 9.09. The summed E-state index contributed by atoms with van der Waals surface area (Å²) in [5.41, 5.74) is 1.59. The molecule has 1 spiro atoms. The van der Waals surface area contributed by atoms with Gasteiger partial charge in [-0.2, -0.15) is 0 Å². The Morgan fingerprint density at radius 3 is 2.53 bits per heavy atom. The maximum absolute atomic E-state index is 14.1. The van der Waals surface area contributed by atoms with Crippen LogP contribution in [-0.2, 0) is 17.8 Å². The van der Waals surface area contributed by atoms with E-state index in [4.69, 9.17) is 0 Å². The minimum atomic E-state index is -0.336. The molecule has 0 aromatic heterocycles. The number of hydrogen-bond donors (Lipinski definition) is 1. The number of β-amino-alcohol motifs (C(OH)–C–C–N with tert-alkyl or cyclic N) is 1. The van der Waals surface area contributed by atoms with Crippen molar-refractivity contribution in [1.29, 1.82) is 0 Å². The van der Waals surface area contributed by atoms with E-state index in [0.29, 0.717) is 44.6 Å². The Morgan fingerprint density at radius 1 is 1.03 bits per heavy atom. The summed E-state index contributed by atoms with van der Waals surface area (Å²) in [5.74, 6) is -0.0228. The van der Waals surface area contributed by atoms with Crippen molar-refractivity contribution in [3.05, 3.63) is 71.5 Å². The van der Waals surface area contributed by atoms with Gasteiger partial charge in [-0.25, -0.2) is 4.39 Å². The van der Waals surface area contributed by atoms with E-state index in [0.717, 1.165) is 18.7 Å². The Bertz CT molecular complexity index is 916. The van der Waals surface area contributed by atoms with Crippen LogP contribution in [0.1, 0.15) is 17.5 Å². The number of carbonyl (C=O) groups is 1. The normalized spacial score (nSPS) is 25.9. The van der Waals surface area contributed by atoms with Crippen LogP contribution in [0.2, 0.25) is 0 Å². The molecule has 3 saturated heterocycles. The summed E-state index contributed by atoms with van der Waals surface area (Å²) in [7, 11) is 0. The predicted octanol–water partition coefficient (Wildman–Crippen LogP) is 1.90. The van der Waals surface area contributed by atoms with E-state index < -0.39 is 0 Å². The molecule has 3 heterocycles. The van der Waals surface area contributed by atoms with Crippen molar-refractivity contribution in [3.63, 3.8) is 0 Å². The van der Waals surface area contributed by atoms with Gasteiger partial charge in [0.1, 0.15) is 5.82 Å². The molecule has 158 valence electrons. The number of aliphatic hydroxyl groups excluding tert-OH is 1. The molecule has 5 rings (SSSR count). The Balaban J connectivity index is 1.30. The fourth-order valence-corrected chi connectivity index (χ4v) is 5.53. The molecule has 0 saturated carbocycles. The molecule has 2 aromatic rings. The topological polar surface area (TPSA) is 47.0 Å². The van der Waals surface area contributed by atoms with Gasteiger partial charge >= 0.3 is 0 Å². The minimum Gasteiger partial charge on any atom is -0.392 e. The maximum atomic E-state index is 14.1. The molecule has 3 aliphatic rings. The molecule has 0 bridgehead atoms. The number of piperazine rings is 1. The van der Waals surface area contributed by atoms with Crippen molar-refractivity contribution in [2.45, 2.75) is 37.1 Å². The fourth-order valence-electron chi connectivity index (χ4n) is 5.53. The van der Waals surface area contributed by atoms with Gasteiger partial charge in [-0.05, 0) is 18.1 Å². The van der Waals surface area contributed by atoms with Crippen LogP contribution >= 0.6 is 0 Å². The summed E-state index contributed by atoms with van der Waals surface area (Å²) in [4.78, 5) is 19.7. The molecule has 2 atom stereocenters. The van der Waals surface area contributed by atoms with E-state index in [-0.39, 0.29) is 29.4 Å². The number of rotatable bonds is 4. The third-order valence-electron chi connectivity index (χ3n) is 6.86. The third kappa shape index (κ3) is 3.64. The average Bonchev–Trinajstić information content (AvgIpc) is 3.09. The monoisotopic (exact) mass is 409 g/mol. The Morgan fingerprint density at radius 2 is 1.77 bits per heavy atom. The van der Waals surface area contributed by atoms with Gasteiger partial charge in [-0.3, -0.25) is 14.6 Å². The Labute approximate surface area is 176 Å². The first-order chi connectivity index (χ1) is 14.5. The summed E-state index contributed by atoms with van der Waals surface area (Å²) < 4.78 is 14.1. The first kappa shape index (κ1) is 19.7. The van der Waals surface area contributed by atoms with Crippen LogP contribution < -0.4 is 0 Å². The number of nitrogens with zero attached hydrogens (tertiary/aromatic N) is 3. The highest BCUT2D eigenvalue weighted by molar-refractivity contribution is 5.79. The van der Waals surface area contributed by atoms with Crippen molar-refractivity contribution < 1.29 is 14.3 Å². The van der Waals surface area contributed by atoms with E-state index in [9.17, 15) is 14.3 Å². The lowest BCUT2D eigenvalue weighted by molar-refractivity contribution is -0.150. The lowest BCUT2D eigenvalue weighted by Crippen LogP contribution is -2.78. The lowest BCUT2D eigenvalue weighted by Gasteiger charge is -2.61. The molecule has 3 fully saturated rings. The molecule has 2 aromatic carbocycles. The number of halogens is 1. The summed E-state index contributed by atoms with van der Waals surface area (Å²) in [6.45, 7) is 4.18. The average molecular weight is 410 g/mol. The number of benzene rings is 2. The van der Waals surface area contributed by atoms with E-state index in [1.807, 2.05) is 47.4 Å². The number of amides is 1. The first-order valence-corrected chi connectivity index (χ1v) is 10.7. The molecule has 30 heavy (non-hydrogen) atoms. The summed E-state index contributed by atoms with van der Waals surface area (Å²) in [6, 6.07) is 17.0. The van der Waals surface area contributed by atoms with E-state index in [1.165, 1.54) is 6.07 Å². The molecule has 0 aliphatic carbocycles. The zero-order valence-electron chi connectivity index (χ0n) is 17.1. The fraction of sp³-hybridized carbons (Fsp3) is 0.458. The third-order valence-corrected chi connectivity index (χ3v) is 6.86. The molecule has 5 nitrogen and oxygen atoms in total. The number of fused-ring (bicyclic) bond motifs is 2. The highest BCUT2D eigenvalue weighted by Crippen LogP contribution is 2.39. The van der Waals surface area contributed by atoms with Crippen LogP contribution in [0.15, 0.2) is 54.6 Å². The van der Waals surface area contributed by atoms with Crippen LogP contribution in [0, 0.1) is 5.82 Å². The minimum absolute atomic E-state index is 0.141. The summed E-state index contributed by atoms with van der Waals surface area (Å²) >= 11 is 0. The zero-order valence-corrected chi connectivity index (χ0v) is 17.1. The van der Waals surface area contributed by atoms with Crippen LogP contribution in [0.4, 0.5) is 4.39 Å². The molecule has 0 unspecified atom stereocenters. The SMILES string of the molecule is O=C(Cc1ccccc1)N1C[C@@H]2C[C@@H](O)CN2C2(CN(Cc3ccccc3F)C2)C1. The molecular weight excluding hydrogens is 381 g/mol. The van der Waals surface area contributed by atoms with Crippen molar-refractivity contribution in [2.75, 3.05) is 32.7 Å². The van der Waals surface area contributed by atoms with Crippen molar-refractivity contribution >= 4 is 5.91 Å². The summed E-state index contributed by atoms with van der Waals surface area (Å²) in [5, 5.41) is 10.3. The van der Waals surface area contributed by atoms with Gasteiger partial charge in [-0.15, -0.1) is 0 Å². The highest BCUT2D eigenvalue weighted by Gasteiger charge is 2.56. The summed E-state index contributed by atoms with van der Waals surface area (Å²) in [6.07, 6.45) is 0.784. The molecule has 6 heteroatoms. The molecule has 3 aliphatic heterocycles. The van der Waals surface area contributed by atoms with Gasteiger partial charge in [0.25, 0.3) is 0 Å². The van der Waals surface area contributed by atoms with Crippen molar-refractivity contribution in [3.8, 4) is 0 Å². The largest absolute Gasteiger partial charge is 0.392 e. The van der Waals surface area contributed by atoms with E-state index >= 15 is 0 Å². The number of likely N-dealkylation sites (tertiary alicyclic amines) is 1. The first-order valence-electron chi connectivity index (χ1n) is 10.7. The van der Waals surface area contributed by atoms with Crippen molar-refractivity contribution in [1.82, 2.24) is 14.7 Å². The van der Waals surface area contributed by atoms with Crippen LogP contribution in [0.3, 0.4) is 0 Å². The lowest BCUT2D eigenvalue weighted by atomic mass is 9.83. The second kappa shape index (κ2) is 7.76. The number of carbonyl (C=O) groups excluding carboxylic acids is 1. The quantitative estimate of drug-likeness (QED) is 0.838. The van der Waals surface area contributed by atoms with Crippen LogP contribution in [0.5, 0.6) is 0 Å².